The zero-order valence-corrected chi connectivity index (χ0v) is 19.6. The largest absolute Gasteiger partial charge is 0.497 e. The minimum atomic E-state index is 0.648. The predicted octanol–water partition coefficient (Wildman–Crippen LogP) is 6.57. The van der Waals surface area contributed by atoms with E-state index in [0.717, 1.165) is 64.8 Å². The Morgan fingerprint density at radius 1 is 0.765 bits per heavy atom. The topological polar surface area (TPSA) is 34.6 Å². The van der Waals surface area contributed by atoms with Crippen LogP contribution in [0.15, 0.2) is 91.0 Å². The Bertz CT molecular complexity index is 1200. The molecule has 34 heavy (non-hydrogen) atoms. The fraction of sp³-hybridized carbons (Fsp3) is 0.233. The van der Waals surface area contributed by atoms with Crippen LogP contribution in [0.25, 0.3) is 33.6 Å². The van der Waals surface area contributed by atoms with E-state index in [0.29, 0.717) is 6.61 Å². The SMILES string of the molecule is COc1ccc(-c2c(OCCN3CCCC3)cc(-c3ccccc3)nc2-c2ccccc2)cc1. The highest BCUT2D eigenvalue weighted by molar-refractivity contribution is 5.87. The van der Waals surface area contributed by atoms with Crippen LogP contribution in [0.2, 0.25) is 0 Å². The molecule has 5 rings (SSSR count). The summed E-state index contributed by atoms with van der Waals surface area (Å²) in [6.07, 6.45) is 2.56. The maximum Gasteiger partial charge on any atom is 0.131 e. The van der Waals surface area contributed by atoms with E-state index in [2.05, 4.69) is 59.5 Å². The van der Waals surface area contributed by atoms with Crippen LogP contribution in [0.5, 0.6) is 11.5 Å². The smallest absolute Gasteiger partial charge is 0.131 e. The van der Waals surface area contributed by atoms with Crippen LogP contribution in [0.1, 0.15) is 12.8 Å². The van der Waals surface area contributed by atoms with Gasteiger partial charge in [0.1, 0.15) is 18.1 Å². The first-order chi connectivity index (χ1) is 16.8. The summed E-state index contributed by atoms with van der Waals surface area (Å²) in [7, 11) is 1.69. The fourth-order valence-corrected chi connectivity index (χ4v) is 4.52. The lowest BCUT2D eigenvalue weighted by Gasteiger charge is -2.20. The molecule has 0 bridgehead atoms. The molecular formula is C30H30N2O2. The molecule has 0 spiro atoms. The van der Waals surface area contributed by atoms with Crippen molar-refractivity contribution in [2.24, 2.45) is 0 Å². The molecule has 0 atom stereocenters. The van der Waals surface area contributed by atoms with Gasteiger partial charge in [0.25, 0.3) is 0 Å². The second kappa shape index (κ2) is 10.5. The predicted molar refractivity (Wildman–Crippen MR) is 138 cm³/mol. The summed E-state index contributed by atoms with van der Waals surface area (Å²) in [6, 6.07) is 30.9. The van der Waals surface area contributed by atoms with Crippen LogP contribution in [-0.4, -0.2) is 43.2 Å². The molecular weight excluding hydrogens is 420 g/mol. The van der Waals surface area contributed by atoms with E-state index < -0.39 is 0 Å². The molecule has 0 amide bonds. The zero-order chi connectivity index (χ0) is 23.2. The van der Waals surface area contributed by atoms with Crippen molar-refractivity contribution in [3.05, 3.63) is 91.0 Å². The summed E-state index contributed by atoms with van der Waals surface area (Å²) < 4.78 is 11.9. The number of pyridine rings is 1. The van der Waals surface area contributed by atoms with Crippen LogP contribution >= 0.6 is 0 Å². The number of benzene rings is 3. The van der Waals surface area contributed by atoms with Gasteiger partial charge in [0.05, 0.1) is 24.1 Å². The maximum atomic E-state index is 6.52. The number of hydrogen-bond donors (Lipinski definition) is 0. The van der Waals surface area contributed by atoms with Crippen molar-refractivity contribution >= 4 is 0 Å². The van der Waals surface area contributed by atoms with Crippen molar-refractivity contribution in [2.75, 3.05) is 33.4 Å². The summed E-state index contributed by atoms with van der Waals surface area (Å²) in [5.74, 6) is 1.69. The standard InChI is InChI=1S/C30H30N2O2/c1-33-26-16-14-24(15-17-26)29-28(34-21-20-32-18-8-9-19-32)22-27(23-10-4-2-5-11-23)31-30(29)25-12-6-3-7-13-25/h2-7,10-17,22H,8-9,18-21H2,1H3. The first kappa shape index (κ1) is 22.2. The van der Waals surface area contributed by atoms with E-state index in [1.807, 2.05) is 36.4 Å². The Balaban J connectivity index is 1.63. The van der Waals surface area contributed by atoms with Crippen molar-refractivity contribution < 1.29 is 9.47 Å². The van der Waals surface area contributed by atoms with Gasteiger partial charge in [0.15, 0.2) is 0 Å². The number of methoxy groups -OCH3 is 1. The molecule has 4 nitrogen and oxygen atoms in total. The van der Waals surface area contributed by atoms with E-state index in [1.165, 1.54) is 12.8 Å². The Hall–Kier alpha value is -3.63. The summed E-state index contributed by atoms with van der Waals surface area (Å²) in [5.41, 5.74) is 6.04. The van der Waals surface area contributed by atoms with Gasteiger partial charge in [0.2, 0.25) is 0 Å². The highest BCUT2D eigenvalue weighted by atomic mass is 16.5. The van der Waals surface area contributed by atoms with E-state index in [9.17, 15) is 0 Å². The molecule has 0 aliphatic carbocycles. The summed E-state index contributed by atoms with van der Waals surface area (Å²) in [6.45, 7) is 3.91. The normalized spacial score (nSPS) is 13.7. The Morgan fingerprint density at radius 3 is 2.06 bits per heavy atom. The van der Waals surface area contributed by atoms with Crippen LogP contribution in [0, 0.1) is 0 Å². The van der Waals surface area contributed by atoms with Crippen LogP contribution < -0.4 is 9.47 Å². The molecule has 1 fully saturated rings. The van der Waals surface area contributed by atoms with Crippen molar-refractivity contribution in [3.63, 3.8) is 0 Å². The van der Waals surface area contributed by atoms with Gasteiger partial charge in [-0.2, -0.15) is 0 Å². The van der Waals surface area contributed by atoms with E-state index in [1.54, 1.807) is 7.11 Å². The first-order valence-electron chi connectivity index (χ1n) is 12.0. The van der Waals surface area contributed by atoms with Gasteiger partial charge in [-0.25, -0.2) is 4.98 Å². The molecule has 2 heterocycles. The van der Waals surface area contributed by atoms with Gasteiger partial charge in [-0.15, -0.1) is 0 Å². The number of ether oxygens (including phenoxy) is 2. The van der Waals surface area contributed by atoms with Crippen LogP contribution in [-0.2, 0) is 0 Å². The van der Waals surface area contributed by atoms with Crippen LogP contribution in [0.3, 0.4) is 0 Å². The van der Waals surface area contributed by atoms with E-state index >= 15 is 0 Å². The molecule has 4 aromatic rings. The highest BCUT2D eigenvalue weighted by Gasteiger charge is 2.19. The highest BCUT2D eigenvalue weighted by Crippen LogP contribution is 2.41. The number of likely N-dealkylation sites (tertiary alicyclic amines) is 1. The fourth-order valence-electron chi connectivity index (χ4n) is 4.52. The lowest BCUT2D eigenvalue weighted by atomic mass is 9.96. The summed E-state index contributed by atoms with van der Waals surface area (Å²) >= 11 is 0. The van der Waals surface area contributed by atoms with Gasteiger partial charge in [-0.05, 0) is 43.6 Å². The molecule has 1 aliphatic heterocycles. The van der Waals surface area contributed by atoms with Gasteiger partial charge in [0, 0.05) is 23.7 Å². The first-order valence-corrected chi connectivity index (χ1v) is 12.0. The molecule has 0 radical (unpaired) electrons. The maximum absolute atomic E-state index is 6.52. The van der Waals surface area contributed by atoms with Gasteiger partial charge in [-0.1, -0.05) is 72.8 Å². The van der Waals surface area contributed by atoms with E-state index in [4.69, 9.17) is 14.5 Å². The number of hydrogen-bond acceptors (Lipinski definition) is 4. The van der Waals surface area contributed by atoms with Gasteiger partial charge in [-0.3, -0.25) is 4.90 Å². The molecule has 0 saturated carbocycles. The van der Waals surface area contributed by atoms with Crippen molar-refractivity contribution in [1.82, 2.24) is 9.88 Å². The average Bonchev–Trinajstić information content (AvgIpc) is 3.43. The van der Waals surface area contributed by atoms with Crippen molar-refractivity contribution in [2.45, 2.75) is 12.8 Å². The quantitative estimate of drug-likeness (QED) is 0.304. The third kappa shape index (κ3) is 4.97. The molecule has 1 aromatic heterocycles. The molecule has 1 saturated heterocycles. The molecule has 4 heteroatoms. The third-order valence-electron chi connectivity index (χ3n) is 6.34. The molecule has 1 aliphatic rings. The lowest BCUT2D eigenvalue weighted by Crippen LogP contribution is -2.25. The monoisotopic (exact) mass is 450 g/mol. The average molecular weight is 451 g/mol. The lowest BCUT2D eigenvalue weighted by molar-refractivity contribution is 0.238. The molecule has 0 unspecified atom stereocenters. The molecule has 172 valence electrons. The molecule has 3 aromatic carbocycles. The Morgan fingerprint density at radius 2 is 1.41 bits per heavy atom. The van der Waals surface area contributed by atoms with Gasteiger partial charge < -0.3 is 9.47 Å². The number of rotatable bonds is 8. The summed E-state index contributed by atoms with van der Waals surface area (Å²) in [5, 5.41) is 0. The Labute approximate surface area is 201 Å². The summed E-state index contributed by atoms with van der Waals surface area (Å²) in [4.78, 5) is 7.63. The van der Waals surface area contributed by atoms with Crippen molar-refractivity contribution in [1.29, 1.82) is 0 Å². The van der Waals surface area contributed by atoms with Crippen molar-refractivity contribution in [3.8, 4) is 45.1 Å². The number of aromatic nitrogens is 1. The van der Waals surface area contributed by atoms with E-state index in [-0.39, 0.29) is 0 Å². The second-order valence-corrected chi connectivity index (χ2v) is 8.59. The van der Waals surface area contributed by atoms with Crippen LogP contribution in [0.4, 0.5) is 0 Å². The van der Waals surface area contributed by atoms with Gasteiger partial charge >= 0.3 is 0 Å². The minimum absolute atomic E-state index is 0.648. The zero-order valence-electron chi connectivity index (χ0n) is 19.6. The third-order valence-corrected chi connectivity index (χ3v) is 6.34. The number of nitrogens with zero attached hydrogens (tertiary/aromatic N) is 2. The second-order valence-electron chi connectivity index (χ2n) is 8.59. The Kier molecular flexibility index (Phi) is 6.87. The molecule has 0 N–H and O–H groups in total. The minimum Gasteiger partial charge on any atom is -0.497 e.